The Bertz CT molecular complexity index is 836. The third kappa shape index (κ3) is 6.10. The summed E-state index contributed by atoms with van der Waals surface area (Å²) in [5.41, 5.74) is 1.74. The van der Waals surface area contributed by atoms with Crippen LogP contribution in [-0.4, -0.2) is 43.5 Å². The monoisotopic (exact) mass is 396 g/mol. The molecule has 0 aliphatic heterocycles. The topological polar surface area (TPSA) is 67.9 Å². The van der Waals surface area contributed by atoms with Gasteiger partial charge in [-0.25, -0.2) is 0 Å². The van der Waals surface area contributed by atoms with Crippen molar-refractivity contribution < 1.29 is 19.1 Å². The third-order valence-electron chi connectivity index (χ3n) is 4.59. The molecular weight excluding hydrogens is 368 g/mol. The number of nitrogens with zero attached hydrogens (tertiary/aromatic N) is 1. The van der Waals surface area contributed by atoms with Crippen molar-refractivity contribution in [3.05, 3.63) is 72.3 Å². The molecule has 0 aliphatic rings. The molecule has 0 bridgehead atoms. The maximum atomic E-state index is 13.1. The molecule has 0 heterocycles. The lowest BCUT2D eigenvalue weighted by Crippen LogP contribution is -2.48. The summed E-state index contributed by atoms with van der Waals surface area (Å²) in [7, 11) is 3.12. The molecule has 2 aromatic carbocycles. The number of carbonyl (C=O) groups excluding carboxylic acids is 2. The second kappa shape index (κ2) is 10.9. The fourth-order valence-electron chi connectivity index (χ4n) is 2.95. The Balaban J connectivity index is 2.23. The van der Waals surface area contributed by atoms with Gasteiger partial charge in [-0.2, -0.15) is 0 Å². The fraction of sp³-hybridized carbons (Fsp3) is 0.304. The maximum absolute atomic E-state index is 13.1. The number of rotatable bonds is 10. The van der Waals surface area contributed by atoms with Crippen LogP contribution < -0.4 is 14.8 Å². The lowest BCUT2D eigenvalue weighted by Gasteiger charge is -2.29. The van der Waals surface area contributed by atoms with Gasteiger partial charge < -0.3 is 19.7 Å². The lowest BCUT2D eigenvalue weighted by atomic mass is 10.1. The van der Waals surface area contributed by atoms with Crippen molar-refractivity contribution in [1.82, 2.24) is 10.2 Å². The van der Waals surface area contributed by atoms with E-state index in [-0.39, 0.29) is 18.2 Å². The average Bonchev–Trinajstić information content (AvgIpc) is 2.75. The van der Waals surface area contributed by atoms with Crippen molar-refractivity contribution in [2.45, 2.75) is 25.9 Å². The first-order valence-electron chi connectivity index (χ1n) is 9.43. The minimum absolute atomic E-state index is 0.145. The second-order valence-electron chi connectivity index (χ2n) is 6.58. The highest BCUT2D eigenvalue weighted by Gasteiger charge is 2.26. The molecule has 1 atom stereocenters. The van der Waals surface area contributed by atoms with E-state index in [1.807, 2.05) is 36.4 Å². The second-order valence-corrected chi connectivity index (χ2v) is 6.58. The van der Waals surface area contributed by atoms with Crippen LogP contribution in [0.3, 0.4) is 0 Å². The van der Waals surface area contributed by atoms with E-state index in [2.05, 4.69) is 11.9 Å². The Kier molecular flexibility index (Phi) is 8.27. The van der Waals surface area contributed by atoms with Gasteiger partial charge in [0.05, 0.1) is 20.6 Å². The molecule has 6 heteroatoms. The van der Waals surface area contributed by atoms with Crippen molar-refractivity contribution >= 4 is 11.8 Å². The largest absolute Gasteiger partial charge is 0.493 e. The quantitative estimate of drug-likeness (QED) is 0.627. The van der Waals surface area contributed by atoms with E-state index < -0.39 is 6.04 Å². The van der Waals surface area contributed by atoms with E-state index in [1.54, 1.807) is 44.3 Å². The van der Waals surface area contributed by atoms with E-state index >= 15 is 0 Å². The number of benzene rings is 2. The van der Waals surface area contributed by atoms with E-state index in [0.29, 0.717) is 24.6 Å². The van der Waals surface area contributed by atoms with Gasteiger partial charge in [0.2, 0.25) is 11.8 Å². The SMILES string of the molecule is C=CCNC(=O)[C@H](C)N(Cc1ccccc1)C(=O)Cc1ccc(OC)c(OC)c1. The Morgan fingerprint density at radius 2 is 1.76 bits per heavy atom. The molecule has 2 amide bonds. The zero-order chi connectivity index (χ0) is 21.2. The predicted octanol–water partition coefficient (Wildman–Crippen LogP) is 2.97. The number of carbonyl (C=O) groups is 2. The molecule has 6 nitrogen and oxygen atoms in total. The van der Waals surface area contributed by atoms with Crippen LogP contribution in [0.5, 0.6) is 11.5 Å². The summed E-state index contributed by atoms with van der Waals surface area (Å²) in [5.74, 6) is 0.787. The Morgan fingerprint density at radius 3 is 2.38 bits per heavy atom. The summed E-state index contributed by atoms with van der Waals surface area (Å²) in [6.45, 7) is 6.03. The number of amides is 2. The van der Waals surface area contributed by atoms with Crippen LogP contribution in [0.2, 0.25) is 0 Å². The van der Waals surface area contributed by atoms with Crippen LogP contribution in [0.4, 0.5) is 0 Å². The summed E-state index contributed by atoms with van der Waals surface area (Å²) in [6, 6.07) is 14.4. The van der Waals surface area contributed by atoms with Crippen LogP contribution in [-0.2, 0) is 22.6 Å². The van der Waals surface area contributed by atoms with E-state index in [0.717, 1.165) is 11.1 Å². The smallest absolute Gasteiger partial charge is 0.242 e. The molecule has 0 fully saturated rings. The highest BCUT2D eigenvalue weighted by Crippen LogP contribution is 2.28. The standard InChI is InChI=1S/C23H28N2O4/c1-5-13-24-23(27)17(2)25(16-18-9-7-6-8-10-18)22(26)15-19-11-12-20(28-3)21(14-19)29-4/h5-12,14,17H,1,13,15-16H2,2-4H3,(H,24,27)/t17-/m0/s1. The minimum atomic E-state index is -0.622. The van der Waals surface area contributed by atoms with Crippen molar-refractivity contribution in [1.29, 1.82) is 0 Å². The van der Waals surface area contributed by atoms with Gasteiger partial charge in [-0.05, 0) is 30.2 Å². The van der Waals surface area contributed by atoms with Crippen LogP contribution in [0.15, 0.2) is 61.2 Å². The van der Waals surface area contributed by atoms with Crippen molar-refractivity contribution in [2.24, 2.45) is 0 Å². The van der Waals surface area contributed by atoms with Gasteiger partial charge in [0, 0.05) is 13.1 Å². The minimum Gasteiger partial charge on any atom is -0.493 e. The third-order valence-corrected chi connectivity index (χ3v) is 4.59. The normalized spacial score (nSPS) is 11.3. The zero-order valence-corrected chi connectivity index (χ0v) is 17.2. The van der Waals surface area contributed by atoms with Gasteiger partial charge in [0.1, 0.15) is 6.04 Å². The molecule has 154 valence electrons. The van der Waals surface area contributed by atoms with Crippen LogP contribution in [0.1, 0.15) is 18.1 Å². The summed E-state index contributed by atoms with van der Waals surface area (Å²) in [6.07, 6.45) is 1.75. The molecule has 0 saturated heterocycles. The molecule has 0 saturated carbocycles. The van der Waals surface area contributed by atoms with Crippen molar-refractivity contribution in [3.63, 3.8) is 0 Å². The Labute approximate surface area is 172 Å². The highest BCUT2D eigenvalue weighted by atomic mass is 16.5. The molecule has 1 N–H and O–H groups in total. The Morgan fingerprint density at radius 1 is 1.07 bits per heavy atom. The summed E-state index contributed by atoms with van der Waals surface area (Å²) >= 11 is 0. The predicted molar refractivity (Wildman–Crippen MR) is 113 cm³/mol. The van der Waals surface area contributed by atoms with Gasteiger partial charge in [-0.1, -0.05) is 42.5 Å². The van der Waals surface area contributed by atoms with E-state index in [9.17, 15) is 9.59 Å². The molecule has 0 aliphatic carbocycles. The first kappa shape index (κ1) is 22.0. The summed E-state index contributed by atoms with van der Waals surface area (Å²) in [4.78, 5) is 27.2. The highest BCUT2D eigenvalue weighted by molar-refractivity contribution is 5.88. The van der Waals surface area contributed by atoms with Crippen LogP contribution in [0, 0.1) is 0 Å². The van der Waals surface area contributed by atoms with Gasteiger partial charge in [0.15, 0.2) is 11.5 Å². The number of hydrogen-bond donors (Lipinski definition) is 1. The molecule has 0 unspecified atom stereocenters. The summed E-state index contributed by atoms with van der Waals surface area (Å²) in [5, 5.41) is 2.76. The van der Waals surface area contributed by atoms with E-state index in [1.165, 1.54) is 0 Å². The molecule has 29 heavy (non-hydrogen) atoms. The maximum Gasteiger partial charge on any atom is 0.242 e. The van der Waals surface area contributed by atoms with Crippen molar-refractivity contribution in [2.75, 3.05) is 20.8 Å². The van der Waals surface area contributed by atoms with Gasteiger partial charge in [-0.3, -0.25) is 9.59 Å². The van der Waals surface area contributed by atoms with Crippen LogP contribution >= 0.6 is 0 Å². The molecule has 2 rings (SSSR count). The summed E-state index contributed by atoms with van der Waals surface area (Å²) < 4.78 is 10.6. The zero-order valence-electron chi connectivity index (χ0n) is 17.2. The number of hydrogen-bond acceptors (Lipinski definition) is 4. The van der Waals surface area contributed by atoms with Gasteiger partial charge in [0.25, 0.3) is 0 Å². The number of ether oxygens (including phenoxy) is 2. The average molecular weight is 396 g/mol. The lowest BCUT2D eigenvalue weighted by molar-refractivity contribution is -0.140. The molecule has 0 spiro atoms. The molecule has 0 aromatic heterocycles. The first-order valence-corrected chi connectivity index (χ1v) is 9.43. The molecule has 2 aromatic rings. The van der Waals surface area contributed by atoms with Gasteiger partial charge >= 0.3 is 0 Å². The fourth-order valence-corrected chi connectivity index (χ4v) is 2.95. The Hall–Kier alpha value is -3.28. The first-order chi connectivity index (χ1) is 14.0. The van der Waals surface area contributed by atoms with Crippen LogP contribution in [0.25, 0.3) is 0 Å². The molecule has 0 radical (unpaired) electrons. The van der Waals surface area contributed by atoms with Crippen molar-refractivity contribution in [3.8, 4) is 11.5 Å². The van der Waals surface area contributed by atoms with Gasteiger partial charge in [-0.15, -0.1) is 6.58 Å². The molecular formula is C23H28N2O4. The van der Waals surface area contributed by atoms with E-state index in [4.69, 9.17) is 9.47 Å². The number of nitrogens with one attached hydrogen (secondary N) is 1. The number of methoxy groups -OCH3 is 2.